The van der Waals surface area contributed by atoms with Gasteiger partial charge in [0.15, 0.2) is 0 Å². The fourth-order valence-electron chi connectivity index (χ4n) is 2.52. The minimum atomic E-state index is -0.375. The topological polar surface area (TPSA) is 32.3 Å². The summed E-state index contributed by atoms with van der Waals surface area (Å²) >= 11 is 0. The van der Waals surface area contributed by atoms with Crippen LogP contribution in [0, 0.1) is 11.7 Å². The highest BCUT2D eigenvalue weighted by molar-refractivity contribution is 5.94. The molecule has 2 rings (SSSR count). The molecule has 0 unspecified atom stereocenters. The van der Waals surface area contributed by atoms with Gasteiger partial charge in [0.05, 0.1) is 0 Å². The maximum atomic E-state index is 13.0. The molecule has 1 aliphatic rings. The average molecular weight is 278 g/mol. The summed E-state index contributed by atoms with van der Waals surface area (Å²) in [6.07, 6.45) is 3.49. The van der Waals surface area contributed by atoms with Crippen LogP contribution in [0.25, 0.3) is 0 Å². The first-order chi connectivity index (χ1) is 9.65. The van der Waals surface area contributed by atoms with Gasteiger partial charge in [-0.2, -0.15) is 0 Å². The van der Waals surface area contributed by atoms with Gasteiger partial charge in [0, 0.05) is 12.1 Å². The first-order valence-electron chi connectivity index (χ1n) is 7.41. The van der Waals surface area contributed by atoms with Crippen LogP contribution in [0.15, 0.2) is 24.3 Å². The molecule has 0 spiro atoms. The molecule has 20 heavy (non-hydrogen) atoms. The Labute approximate surface area is 120 Å². The van der Waals surface area contributed by atoms with Crippen LogP contribution in [-0.4, -0.2) is 37.0 Å². The van der Waals surface area contributed by atoms with Crippen LogP contribution in [0.2, 0.25) is 0 Å². The first-order valence-corrected chi connectivity index (χ1v) is 7.41. The number of halogens is 1. The summed E-state index contributed by atoms with van der Waals surface area (Å²) in [7, 11) is 0. The quantitative estimate of drug-likeness (QED) is 0.840. The van der Waals surface area contributed by atoms with E-state index in [9.17, 15) is 9.18 Å². The van der Waals surface area contributed by atoms with Crippen LogP contribution >= 0.6 is 0 Å². The molecular formula is C16H23FN2O. The van der Waals surface area contributed by atoms with Crippen LogP contribution in [-0.2, 0) is 0 Å². The van der Waals surface area contributed by atoms with Crippen molar-refractivity contribution in [2.45, 2.75) is 26.2 Å². The molecule has 1 heterocycles. The fourth-order valence-corrected chi connectivity index (χ4v) is 2.52. The number of likely N-dealkylation sites (tertiary alicyclic amines) is 1. The third-order valence-electron chi connectivity index (χ3n) is 3.90. The molecule has 0 saturated carbocycles. The molecule has 4 heteroatoms. The molecule has 3 nitrogen and oxygen atoms in total. The number of carbonyl (C=O) groups excluding carboxylic acids is 1. The summed E-state index contributed by atoms with van der Waals surface area (Å²) in [5.74, 6) is 0.274. The van der Waals surface area contributed by atoms with Gasteiger partial charge in [-0.3, -0.25) is 4.79 Å². The van der Waals surface area contributed by atoms with Gasteiger partial charge in [-0.05, 0) is 63.0 Å². The molecular weight excluding hydrogens is 255 g/mol. The number of amides is 1. The van der Waals surface area contributed by atoms with Crippen molar-refractivity contribution in [2.75, 3.05) is 26.2 Å². The fraction of sp³-hybridized carbons (Fsp3) is 0.562. The summed E-state index contributed by atoms with van der Waals surface area (Å²) in [5, 5.41) is 2.84. The number of hydrogen-bond acceptors (Lipinski definition) is 2. The van der Waals surface area contributed by atoms with Gasteiger partial charge in [-0.15, -0.1) is 0 Å². The minimum Gasteiger partial charge on any atom is -0.352 e. The molecule has 110 valence electrons. The van der Waals surface area contributed by atoms with Gasteiger partial charge in [0.1, 0.15) is 5.82 Å². The average Bonchev–Trinajstić information content (AvgIpc) is 2.45. The second-order valence-corrected chi connectivity index (χ2v) is 5.64. The van der Waals surface area contributed by atoms with E-state index in [1.54, 1.807) is 12.1 Å². The third kappa shape index (κ3) is 4.60. The van der Waals surface area contributed by atoms with E-state index in [1.165, 1.54) is 38.1 Å². The van der Waals surface area contributed by atoms with Crippen molar-refractivity contribution in [3.63, 3.8) is 0 Å². The normalized spacial score (nSPS) is 17.1. The Morgan fingerprint density at radius 1 is 1.40 bits per heavy atom. The Bertz CT molecular complexity index is 442. The highest BCUT2D eigenvalue weighted by Gasteiger charge is 2.14. The zero-order chi connectivity index (χ0) is 14.4. The van der Waals surface area contributed by atoms with E-state index in [0.717, 1.165) is 18.9 Å². The van der Waals surface area contributed by atoms with Crippen LogP contribution in [0.4, 0.5) is 4.39 Å². The zero-order valence-corrected chi connectivity index (χ0v) is 12.1. The highest BCUT2D eigenvalue weighted by atomic mass is 19.1. The molecule has 1 aliphatic heterocycles. The number of rotatable bonds is 5. The smallest absolute Gasteiger partial charge is 0.251 e. The number of benzene rings is 1. The van der Waals surface area contributed by atoms with Crippen molar-refractivity contribution in [1.82, 2.24) is 10.2 Å². The lowest BCUT2D eigenvalue weighted by Crippen LogP contribution is -2.35. The van der Waals surface area contributed by atoms with Crippen molar-refractivity contribution in [2.24, 2.45) is 5.92 Å². The van der Waals surface area contributed by atoms with Crippen LogP contribution < -0.4 is 5.32 Å². The van der Waals surface area contributed by atoms with Gasteiger partial charge >= 0.3 is 0 Å². The molecule has 0 atom stereocenters. The molecule has 0 bridgehead atoms. The molecule has 0 radical (unpaired) electrons. The van der Waals surface area contributed by atoms with Gasteiger partial charge < -0.3 is 10.2 Å². The van der Waals surface area contributed by atoms with Crippen LogP contribution in [0.1, 0.15) is 36.5 Å². The predicted octanol–water partition coefficient (Wildman–Crippen LogP) is 2.68. The lowest BCUT2D eigenvalue weighted by Gasteiger charge is -2.30. The molecule has 1 aromatic rings. The maximum Gasteiger partial charge on any atom is 0.251 e. The Hall–Kier alpha value is -1.42. The van der Waals surface area contributed by atoms with E-state index in [2.05, 4.69) is 17.1 Å². The van der Waals surface area contributed by atoms with Crippen LogP contribution in [0.5, 0.6) is 0 Å². The predicted molar refractivity (Wildman–Crippen MR) is 78.2 cm³/mol. The number of hydrogen-bond donors (Lipinski definition) is 1. The highest BCUT2D eigenvalue weighted by Crippen LogP contribution is 2.15. The Morgan fingerprint density at radius 3 is 2.85 bits per heavy atom. The first kappa shape index (κ1) is 15.0. The number of carbonyl (C=O) groups is 1. The number of nitrogens with one attached hydrogen (secondary N) is 1. The zero-order valence-electron chi connectivity index (χ0n) is 12.1. The lowest BCUT2D eigenvalue weighted by molar-refractivity contribution is 0.0950. The van der Waals surface area contributed by atoms with Gasteiger partial charge in [-0.25, -0.2) is 4.39 Å². The van der Waals surface area contributed by atoms with E-state index in [4.69, 9.17) is 0 Å². The van der Waals surface area contributed by atoms with E-state index in [1.807, 2.05) is 0 Å². The summed E-state index contributed by atoms with van der Waals surface area (Å²) in [6, 6.07) is 5.79. The molecule has 0 aromatic heterocycles. The number of nitrogens with zero attached hydrogens (tertiary/aromatic N) is 1. The van der Waals surface area contributed by atoms with Crippen molar-refractivity contribution < 1.29 is 9.18 Å². The molecule has 1 fully saturated rings. The number of piperidine rings is 1. The van der Waals surface area contributed by atoms with Gasteiger partial charge in [-0.1, -0.05) is 13.0 Å². The molecule has 1 amide bonds. The Kier molecular flexibility index (Phi) is 5.53. The minimum absolute atomic E-state index is 0.197. The molecule has 1 saturated heterocycles. The largest absolute Gasteiger partial charge is 0.352 e. The lowest BCUT2D eigenvalue weighted by atomic mass is 9.99. The Morgan fingerprint density at radius 2 is 2.15 bits per heavy atom. The standard InChI is InChI=1S/C16H23FN2O/c1-13-6-10-19(11-7-13)9-3-8-18-16(20)14-4-2-5-15(17)12-14/h2,4-5,12-13H,3,6-11H2,1H3,(H,18,20). The summed E-state index contributed by atoms with van der Waals surface area (Å²) in [5.41, 5.74) is 0.386. The second-order valence-electron chi connectivity index (χ2n) is 5.64. The van der Waals surface area contributed by atoms with E-state index < -0.39 is 0 Å². The van der Waals surface area contributed by atoms with E-state index in [0.29, 0.717) is 12.1 Å². The van der Waals surface area contributed by atoms with Gasteiger partial charge in [0.25, 0.3) is 5.91 Å². The SMILES string of the molecule is CC1CCN(CCCNC(=O)c2cccc(F)c2)CC1. The third-order valence-corrected chi connectivity index (χ3v) is 3.90. The summed E-state index contributed by atoms with van der Waals surface area (Å²) in [6.45, 7) is 6.30. The monoisotopic (exact) mass is 278 g/mol. The van der Waals surface area contributed by atoms with Crippen molar-refractivity contribution in [3.8, 4) is 0 Å². The van der Waals surface area contributed by atoms with E-state index >= 15 is 0 Å². The summed E-state index contributed by atoms with van der Waals surface area (Å²) in [4.78, 5) is 14.3. The van der Waals surface area contributed by atoms with Gasteiger partial charge in [0.2, 0.25) is 0 Å². The van der Waals surface area contributed by atoms with E-state index in [-0.39, 0.29) is 11.7 Å². The molecule has 0 aliphatic carbocycles. The molecule has 1 aromatic carbocycles. The maximum absolute atomic E-state index is 13.0. The summed E-state index contributed by atoms with van der Waals surface area (Å²) < 4.78 is 13.0. The Balaban J connectivity index is 1.64. The van der Waals surface area contributed by atoms with Crippen molar-refractivity contribution >= 4 is 5.91 Å². The molecule has 1 N–H and O–H groups in total. The van der Waals surface area contributed by atoms with Crippen molar-refractivity contribution in [3.05, 3.63) is 35.6 Å². The van der Waals surface area contributed by atoms with Crippen LogP contribution in [0.3, 0.4) is 0 Å². The second kappa shape index (κ2) is 7.39. The van der Waals surface area contributed by atoms with Crippen molar-refractivity contribution in [1.29, 1.82) is 0 Å².